The fraction of sp³-hybridized carbons (Fsp3) is 0.133. The van der Waals surface area contributed by atoms with Crippen molar-refractivity contribution >= 4 is 11.4 Å². The minimum absolute atomic E-state index is 0.305. The second-order valence-corrected chi connectivity index (χ2v) is 4.06. The molecule has 1 aromatic heterocycles. The lowest BCUT2D eigenvalue weighted by molar-refractivity contribution is 0.733. The van der Waals surface area contributed by atoms with Gasteiger partial charge in [-0.25, -0.2) is 23.5 Å². The van der Waals surface area contributed by atoms with E-state index in [9.17, 15) is 14.4 Å². The van der Waals surface area contributed by atoms with Crippen LogP contribution in [0.15, 0.2) is 64.0 Å². The summed E-state index contributed by atoms with van der Waals surface area (Å²) in [4.78, 5) is 38.3. The van der Waals surface area contributed by atoms with Gasteiger partial charge in [0.05, 0.1) is 5.70 Å². The third-order valence-corrected chi connectivity index (χ3v) is 2.60. The van der Waals surface area contributed by atoms with Crippen molar-refractivity contribution < 1.29 is 0 Å². The molecule has 1 N–H and O–H groups in total. The third kappa shape index (κ3) is 3.36. The van der Waals surface area contributed by atoms with E-state index in [4.69, 9.17) is 0 Å². The van der Waals surface area contributed by atoms with Crippen LogP contribution in [0, 0.1) is 0 Å². The van der Waals surface area contributed by atoms with Gasteiger partial charge in [0, 0.05) is 5.70 Å². The summed E-state index contributed by atoms with van der Waals surface area (Å²) in [6.07, 6.45) is 9.13. The summed E-state index contributed by atoms with van der Waals surface area (Å²) in [6, 6.07) is 0. The van der Waals surface area contributed by atoms with Crippen LogP contribution in [0.5, 0.6) is 0 Å². The Kier molecular flexibility index (Phi) is 5.42. The molecular formula is C15H17N3O3. The Labute approximate surface area is 121 Å². The molecular weight excluding hydrogens is 270 g/mol. The summed E-state index contributed by atoms with van der Waals surface area (Å²) in [5, 5.41) is 0. The summed E-state index contributed by atoms with van der Waals surface area (Å²) >= 11 is 0. The molecule has 0 bridgehead atoms. The van der Waals surface area contributed by atoms with E-state index in [1.165, 1.54) is 24.3 Å². The minimum atomic E-state index is -0.807. The van der Waals surface area contributed by atoms with Crippen molar-refractivity contribution in [1.82, 2.24) is 14.1 Å². The molecule has 1 rings (SSSR count). The van der Waals surface area contributed by atoms with Gasteiger partial charge < -0.3 is 0 Å². The van der Waals surface area contributed by atoms with Gasteiger partial charge in [-0.05, 0) is 32.1 Å². The molecule has 0 atom stereocenters. The SMILES string of the molecule is C=C/C=C(\C)n1c(=O)[nH]c(=O)n(C(/C=C\C)=C/C=C)c1=O. The molecule has 6 heteroatoms. The van der Waals surface area contributed by atoms with E-state index in [-0.39, 0.29) is 0 Å². The Morgan fingerprint density at radius 2 is 1.62 bits per heavy atom. The lowest BCUT2D eigenvalue weighted by Crippen LogP contribution is -2.48. The molecule has 0 amide bonds. The quantitative estimate of drug-likeness (QED) is 0.830. The summed E-state index contributed by atoms with van der Waals surface area (Å²) < 4.78 is 1.73. The average molecular weight is 287 g/mol. The monoisotopic (exact) mass is 287 g/mol. The zero-order valence-electron chi connectivity index (χ0n) is 12.0. The van der Waals surface area contributed by atoms with Crippen LogP contribution in [0.25, 0.3) is 11.4 Å². The summed E-state index contributed by atoms with van der Waals surface area (Å²) in [6.45, 7) is 10.4. The summed E-state index contributed by atoms with van der Waals surface area (Å²) in [5.74, 6) is 0. The molecule has 0 spiro atoms. The van der Waals surface area contributed by atoms with E-state index in [0.717, 1.165) is 9.13 Å². The number of nitrogens with one attached hydrogen (secondary N) is 1. The highest BCUT2D eigenvalue weighted by Crippen LogP contribution is 2.01. The zero-order valence-corrected chi connectivity index (χ0v) is 12.0. The Morgan fingerprint density at radius 3 is 2.14 bits per heavy atom. The molecule has 1 aromatic rings. The number of nitrogens with zero attached hydrogens (tertiary/aromatic N) is 2. The highest BCUT2D eigenvalue weighted by molar-refractivity contribution is 5.58. The van der Waals surface area contributed by atoms with Crippen molar-refractivity contribution in [2.75, 3.05) is 0 Å². The fourth-order valence-corrected chi connectivity index (χ4v) is 1.76. The Balaban J connectivity index is 3.86. The van der Waals surface area contributed by atoms with Gasteiger partial charge in [0.1, 0.15) is 0 Å². The molecule has 0 unspecified atom stereocenters. The van der Waals surface area contributed by atoms with Gasteiger partial charge in [0.15, 0.2) is 0 Å². The van der Waals surface area contributed by atoms with E-state index >= 15 is 0 Å². The van der Waals surface area contributed by atoms with Crippen molar-refractivity contribution in [2.45, 2.75) is 13.8 Å². The lowest BCUT2D eigenvalue weighted by atomic mass is 10.3. The average Bonchev–Trinajstić information content (AvgIpc) is 2.38. The van der Waals surface area contributed by atoms with Crippen molar-refractivity contribution in [3.8, 4) is 0 Å². The third-order valence-electron chi connectivity index (χ3n) is 2.60. The van der Waals surface area contributed by atoms with E-state index in [1.54, 1.807) is 26.0 Å². The van der Waals surface area contributed by atoms with Crippen molar-refractivity contribution in [1.29, 1.82) is 0 Å². The molecule has 6 nitrogen and oxygen atoms in total. The Morgan fingerprint density at radius 1 is 1.05 bits per heavy atom. The molecule has 110 valence electrons. The molecule has 1 heterocycles. The predicted octanol–water partition coefficient (Wildman–Crippen LogP) is 1.35. The zero-order chi connectivity index (χ0) is 16.0. The van der Waals surface area contributed by atoms with Crippen LogP contribution >= 0.6 is 0 Å². The van der Waals surface area contributed by atoms with Crippen molar-refractivity contribution in [3.05, 3.63) is 81.1 Å². The van der Waals surface area contributed by atoms with Gasteiger partial charge in [-0.1, -0.05) is 31.4 Å². The van der Waals surface area contributed by atoms with E-state index in [0.29, 0.717) is 11.4 Å². The molecule has 21 heavy (non-hydrogen) atoms. The van der Waals surface area contributed by atoms with Gasteiger partial charge in [0.2, 0.25) is 0 Å². The molecule has 0 aliphatic carbocycles. The van der Waals surface area contributed by atoms with Crippen LogP contribution in [0.2, 0.25) is 0 Å². The second kappa shape index (κ2) is 7.04. The summed E-state index contributed by atoms with van der Waals surface area (Å²) in [5.41, 5.74) is -1.71. The molecule has 0 saturated carbocycles. The first-order chi connectivity index (χ1) is 9.97. The standard InChI is InChI=1S/C15H17N3O3/c1-5-8-11(4)17-13(19)16-14(20)18(15(17)21)12(9-6-2)10-7-3/h5-10H,1-2H2,3-4H3,(H,16,19,20)/b10-7-,11-8+,12-9+. The van der Waals surface area contributed by atoms with E-state index < -0.39 is 17.1 Å². The van der Waals surface area contributed by atoms with Crippen LogP contribution in [-0.2, 0) is 0 Å². The number of hydrogen-bond acceptors (Lipinski definition) is 3. The lowest BCUT2D eigenvalue weighted by Gasteiger charge is -2.09. The number of hydrogen-bond donors (Lipinski definition) is 1. The van der Waals surface area contributed by atoms with E-state index in [1.807, 2.05) is 0 Å². The smallest absolute Gasteiger partial charge is 0.258 e. The number of rotatable bonds is 5. The maximum atomic E-state index is 12.4. The molecule has 0 radical (unpaired) electrons. The Bertz CT molecular complexity index is 814. The van der Waals surface area contributed by atoms with Gasteiger partial charge in [-0.3, -0.25) is 4.98 Å². The van der Waals surface area contributed by atoms with Crippen LogP contribution in [0.3, 0.4) is 0 Å². The minimum Gasteiger partial charge on any atom is -0.258 e. The predicted molar refractivity (Wildman–Crippen MR) is 85.0 cm³/mol. The normalized spacial score (nSPS) is 12.7. The van der Waals surface area contributed by atoms with Crippen molar-refractivity contribution in [2.24, 2.45) is 0 Å². The molecule has 0 aliphatic rings. The molecule has 0 saturated heterocycles. The van der Waals surface area contributed by atoms with Gasteiger partial charge in [-0.2, -0.15) is 0 Å². The van der Waals surface area contributed by atoms with Gasteiger partial charge in [0.25, 0.3) is 0 Å². The molecule has 0 aromatic carbocycles. The van der Waals surface area contributed by atoms with Crippen molar-refractivity contribution in [3.63, 3.8) is 0 Å². The van der Waals surface area contributed by atoms with Crippen LogP contribution < -0.4 is 17.1 Å². The van der Waals surface area contributed by atoms with Crippen LogP contribution in [0.4, 0.5) is 0 Å². The maximum absolute atomic E-state index is 12.4. The van der Waals surface area contributed by atoms with Crippen LogP contribution in [0.1, 0.15) is 13.8 Å². The fourth-order valence-electron chi connectivity index (χ4n) is 1.76. The molecule has 0 aliphatic heterocycles. The highest BCUT2D eigenvalue weighted by atomic mass is 16.2. The number of aromatic nitrogens is 3. The number of aromatic amines is 1. The second-order valence-electron chi connectivity index (χ2n) is 4.06. The van der Waals surface area contributed by atoms with Gasteiger partial charge >= 0.3 is 17.1 Å². The number of H-pyrrole nitrogens is 1. The first-order valence-corrected chi connectivity index (χ1v) is 6.21. The Hall–Kier alpha value is -2.89. The topological polar surface area (TPSA) is 76.9 Å². The van der Waals surface area contributed by atoms with Crippen LogP contribution in [-0.4, -0.2) is 14.1 Å². The van der Waals surface area contributed by atoms with E-state index in [2.05, 4.69) is 18.1 Å². The maximum Gasteiger partial charge on any atom is 0.345 e. The highest BCUT2D eigenvalue weighted by Gasteiger charge is 2.12. The van der Waals surface area contributed by atoms with Gasteiger partial charge in [-0.15, -0.1) is 0 Å². The summed E-state index contributed by atoms with van der Waals surface area (Å²) in [7, 11) is 0. The number of allylic oxidation sites excluding steroid dienone is 8. The first-order valence-electron chi connectivity index (χ1n) is 6.21. The molecule has 0 fully saturated rings. The first kappa shape index (κ1) is 16.2. The largest absolute Gasteiger partial charge is 0.345 e.